The molecule has 0 aliphatic carbocycles. The lowest BCUT2D eigenvalue weighted by Gasteiger charge is -2.13. The van der Waals surface area contributed by atoms with Crippen molar-refractivity contribution in [2.24, 2.45) is 5.73 Å². The molecule has 1 fully saturated rings. The summed E-state index contributed by atoms with van der Waals surface area (Å²) in [6.45, 7) is 4.80. The molecular weight excluding hydrogens is 192 g/mol. The first-order valence-corrected chi connectivity index (χ1v) is 5.20. The number of nitrogens with zero attached hydrogens (tertiary/aromatic N) is 3. The van der Waals surface area contributed by atoms with Crippen LogP contribution in [0.4, 0.5) is 5.69 Å². The first-order valence-electron chi connectivity index (χ1n) is 5.20. The molecule has 0 aromatic carbocycles. The van der Waals surface area contributed by atoms with Crippen LogP contribution < -0.4 is 10.6 Å². The van der Waals surface area contributed by atoms with Crippen molar-refractivity contribution in [2.45, 2.75) is 32.4 Å². The predicted molar refractivity (Wildman–Crippen MR) is 57.6 cm³/mol. The SMILES string of the molecule is CC(C)n1cc(N2CCC(N)C2=O)cn1. The number of anilines is 1. The summed E-state index contributed by atoms with van der Waals surface area (Å²) < 4.78 is 1.84. The van der Waals surface area contributed by atoms with E-state index in [-0.39, 0.29) is 11.9 Å². The maximum atomic E-state index is 11.6. The zero-order valence-electron chi connectivity index (χ0n) is 9.05. The summed E-state index contributed by atoms with van der Waals surface area (Å²) in [6.07, 6.45) is 4.34. The van der Waals surface area contributed by atoms with Gasteiger partial charge in [0.15, 0.2) is 0 Å². The lowest BCUT2D eigenvalue weighted by atomic mass is 10.3. The molecule has 1 aliphatic heterocycles. The quantitative estimate of drug-likeness (QED) is 0.771. The van der Waals surface area contributed by atoms with Gasteiger partial charge in [0.25, 0.3) is 0 Å². The number of nitrogens with two attached hydrogens (primary N) is 1. The van der Waals surface area contributed by atoms with Crippen LogP contribution >= 0.6 is 0 Å². The number of hydrogen-bond donors (Lipinski definition) is 1. The smallest absolute Gasteiger partial charge is 0.244 e. The highest BCUT2D eigenvalue weighted by Gasteiger charge is 2.30. The molecule has 1 saturated heterocycles. The molecule has 1 aromatic rings. The number of aromatic nitrogens is 2. The molecule has 1 unspecified atom stereocenters. The van der Waals surface area contributed by atoms with Crippen LogP contribution in [0, 0.1) is 0 Å². The number of carbonyl (C=O) groups excluding carboxylic acids is 1. The van der Waals surface area contributed by atoms with Crippen LogP contribution in [0.25, 0.3) is 0 Å². The minimum atomic E-state index is -0.340. The third-order valence-corrected chi connectivity index (χ3v) is 2.68. The van der Waals surface area contributed by atoms with E-state index in [0.29, 0.717) is 12.6 Å². The van der Waals surface area contributed by atoms with Crippen molar-refractivity contribution in [3.63, 3.8) is 0 Å². The lowest BCUT2D eigenvalue weighted by Crippen LogP contribution is -2.33. The van der Waals surface area contributed by atoms with Gasteiger partial charge in [-0.05, 0) is 20.3 Å². The van der Waals surface area contributed by atoms with Gasteiger partial charge in [-0.2, -0.15) is 5.10 Å². The Kier molecular flexibility index (Phi) is 2.48. The fourth-order valence-corrected chi connectivity index (χ4v) is 1.71. The summed E-state index contributed by atoms with van der Waals surface area (Å²) in [5.74, 6) is -0.00157. The van der Waals surface area contributed by atoms with Crippen LogP contribution in [-0.2, 0) is 4.79 Å². The van der Waals surface area contributed by atoms with Gasteiger partial charge in [-0.15, -0.1) is 0 Å². The molecule has 1 aliphatic rings. The number of carbonyl (C=O) groups is 1. The Bertz CT molecular complexity index is 371. The molecule has 1 atom stereocenters. The summed E-state index contributed by atoms with van der Waals surface area (Å²) in [7, 11) is 0. The van der Waals surface area contributed by atoms with Crippen molar-refractivity contribution in [3.05, 3.63) is 12.4 Å². The minimum Gasteiger partial charge on any atom is -0.320 e. The van der Waals surface area contributed by atoms with Gasteiger partial charge in [-0.25, -0.2) is 0 Å². The van der Waals surface area contributed by atoms with Crippen LogP contribution in [0.2, 0.25) is 0 Å². The predicted octanol–water partition coefficient (Wildman–Crippen LogP) is 0.528. The molecule has 2 rings (SSSR count). The maximum absolute atomic E-state index is 11.6. The van der Waals surface area contributed by atoms with Crippen molar-refractivity contribution in [1.29, 1.82) is 0 Å². The number of amides is 1. The van der Waals surface area contributed by atoms with Gasteiger partial charge < -0.3 is 10.6 Å². The molecule has 1 amide bonds. The highest BCUT2D eigenvalue weighted by Crippen LogP contribution is 2.21. The van der Waals surface area contributed by atoms with Gasteiger partial charge in [0.05, 0.1) is 17.9 Å². The van der Waals surface area contributed by atoms with E-state index in [1.165, 1.54) is 0 Å². The normalized spacial score (nSPS) is 21.7. The summed E-state index contributed by atoms with van der Waals surface area (Å²) in [5.41, 5.74) is 6.50. The number of hydrogen-bond acceptors (Lipinski definition) is 3. The Morgan fingerprint density at radius 1 is 1.60 bits per heavy atom. The Labute approximate surface area is 88.8 Å². The second-order valence-corrected chi connectivity index (χ2v) is 4.16. The topological polar surface area (TPSA) is 64.2 Å². The third-order valence-electron chi connectivity index (χ3n) is 2.68. The van der Waals surface area contributed by atoms with E-state index >= 15 is 0 Å². The Morgan fingerprint density at radius 2 is 2.33 bits per heavy atom. The largest absolute Gasteiger partial charge is 0.320 e. The van der Waals surface area contributed by atoms with Crippen molar-refractivity contribution >= 4 is 11.6 Å². The molecule has 15 heavy (non-hydrogen) atoms. The highest BCUT2D eigenvalue weighted by molar-refractivity contribution is 5.99. The summed E-state index contributed by atoms with van der Waals surface area (Å²) in [6, 6.07) is -0.0301. The molecule has 5 nitrogen and oxygen atoms in total. The molecule has 0 saturated carbocycles. The first kappa shape index (κ1) is 10.2. The zero-order chi connectivity index (χ0) is 11.0. The van der Waals surface area contributed by atoms with Gasteiger partial charge in [0.1, 0.15) is 0 Å². The summed E-state index contributed by atoms with van der Waals surface area (Å²) in [5, 5.41) is 4.20. The van der Waals surface area contributed by atoms with Crippen LogP contribution in [0.1, 0.15) is 26.3 Å². The van der Waals surface area contributed by atoms with Crippen molar-refractivity contribution in [1.82, 2.24) is 9.78 Å². The van der Waals surface area contributed by atoms with E-state index in [9.17, 15) is 4.79 Å². The van der Waals surface area contributed by atoms with E-state index in [1.807, 2.05) is 24.7 Å². The standard InChI is InChI=1S/C10H16N4O/c1-7(2)14-6-8(5-12-14)13-4-3-9(11)10(13)15/h5-7,9H,3-4,11H2,1-2H3. The maximum Gasteiger partial charge on any atom is 0.244 e. The Morgan fingerprint density at radius 3 is 2.80 bits per heavy atom. The second kappa shape index (κ2) is 3.66. The van der Waals surface area contributed by atoms with Gasteiger partial charge in [0.2, 0.25) is 5.91 Å². The van der Waals surface area contributed by atoms with E-state index in [4.69, 9.17) is 5.73 Å². The van der Waals surface area contributed by atoms with Crippen LogP contribution in [0.15, 0.2) is 12.4 Å². The summed E-state index contributed by atoms with van der Waals surface area (Å²) in [4.78, 5) is 13.4. The molecule has 2 heterocycles. The molecule has 5 heteroatoms. The van der Waals surface area contributed by atoms with Gasteiger partial charge in [-0.1, -0.05) is 0 Å². The fraction of sp³-hybridized carbons (Fsp3) is 0.600. The zero-order valence-corrected chi connectivity index (χ0v) is 9.05. The van der Waals surface area contributed by atoms with Gasteiger partial charge >= 0.3 is 0 Å². The Hall–Kier alpha value is -1.36. The van der Waals surface area contributed by atoms with Gasteiger partial charge in [-0.3, -0.25) is 9.48 Å². The van der Waals surface area contributed by atoms with Crippen LogP contribution in [0.3, 0.4) is 0 Å². The molecule has 82 valence electrons. The minimum absolute atomic E-state index is 0.00157. The monoisotopic (exact) mass is 208 g/mol. The Balaban J connectivity index is 2.20. The van der Waals surface area contributed by atoms with E-state index < -0.39 is 0 Å². The van der Waals surface area contributed by atoms with Crippen LogP contribution in [0.5, 0.6) is 0 Å². The molecule has 0 spiro atoms. The van der Waals surface area contributed by atoms with E-state index in [2.05, 4.69) is 5.10 Å². The van der Waals surface area contributed by atoms with Crippen molar-refractivity contribution in [2.75, 3.05) is 11.4 Å². The lowest BCUT2D eigenvalue weighted by molar-refractivity contribution is -0.118. The van der Waals surface area contributed by atoms with E-state index in [0.717, 1.165) is 12.1 Å². The molecule has 1 aromatic heterocycles. The molecule has 2 N–H and O–H groups in total. The average molecular weight is 208 g/mol. The summed E-state index contributed by atoms with van der Waals surface area (Å²) >= 11 is 0. The van der Waals surface area contributed by atoms with E-state index in [1.54, 1.807) is 11.1 Å². The third kappa shape index (κ3) is 1.74. The first-order chi connectivity index (χ1) is 7.09. The average Bonchev–Trinajstić information content (AvgIpc) is 2.76. The van der Waals surface area contributed by atoms with Crippen molar-refractivity contribution in [3.8, 4) is 0 Å². The fourth-order valence-electron chi connectivity index (χ4n) is 1.71. The van der Waals surface area contributed by atoms with Gasteiger partial charge in [0, 0.05) is 18.8 Å². The van der Waals surface area contributed by atoms with Crippen molar-refractivity contribution < 1.29 is 4.79 Å². The molecule has 0 bridgehead atoms. The molecule has 0 radical (unpaired) electrons. The second-order valence-electron chi connectivity index (χ2n) is 4.16. The number of rotatable bonds is 2. The highest BCUT2D eigenvalue weighted by atomic mass is 16.2. The molecular formula is C10H16N4O. The van der Waals surface area contributed by atoms with Crippen LogP contribution in [-0.4, -0.2) is 28.3 Å².